The molecule has 1 aromatic heterocycles. The fourth-order valence-electron chi connectivity index (χ4n) is 2.11. The monoisotopic (exact) mass is 352 g/mol. The molecule has 6 nitrogen and oxygen atoms in total. The third-order valence-corrected chi connectivity index (χ3v) is 3.79. The number of benzene rings is 1. The van der Waals surface area contributed by atoms with Gasteiger partial charge in [-0.15, -0.1) is 0 Å². The molecule has 112 valence electrons. The first-order valence-electron chi connectivity index (χ1n) is 6.66. The lowest BCUT2D eigenvalue weighted by Crippen LogP contribution is -2.09. The number of nitro benzene ring substituents is 1. The van der Waals surface area contributed by atoms with Gasteiger partial charge in [0.15, 0.2) is 0 Å². The molecule has 0 aliphatic rings. The number of rotatable bonds is 6. The van der Waals surface area contributed by atoms with E-state index in [9.17, 15) is 10.1 Å². The van der Waals surface area contributed by atoms with E-state index in [1.165, 1.54) is 12.1 Å². The van der Waals surface area contributed by atoms with Gasteiger partial charge in [0.1, 0.15) is 0 Å². The van der Waals surface area contributed by atoms with Gasteiger partial charge >= 0.3 is 0 Å². The molecule has 1 N–H and O–H groups in total. The van der Waals surface area contributed by atoms with Gasteiger partial charge < -0.3 is 5.32 Å². The van der Waals surface area contributed by atoms with Gasteiger partial charge in [-0.3, -0.25) is 14.8 Å². The number of non-ortho nitro benzene ring substituents is 1. The van der Waals surface area contributed by atoms with Crippen LogP contribution in [-0.2, 0) is 6.54 Å². The predicted octanol–water partition coefficient (Wildman–Crippen LogP) is 3.67. The van der Waals surface area contributed by atoms with Crippen molar-refractivity contribution in [1.29, 1.82) is 0 Å². The van der Waals surface area contributed by atoms with Gasteiger partial charge in [0.2, 0.25) is 0 Å². The molecule has 0 bridgehead atoms. The van der Waals surface area contributed by atoms with Gasteiger partial charge in [-0.2, -0.15) is 5.10 Å². The third-order valence-electron chi connectivity index (χ3n) is 3.13. The van der Waals surface area contributed by atoms with Crippen LogP contribution in [0.4, 0.5) is 11.4 Å². The van der Waals surface area contributed by atoms with Crippen LogP contribution in [0.15, 0.2) is 28.7 Å². The maximum atomic E-state index is 10.7. The van der Waals surface area contributed by atoms with Crippen LogP contribution in [0.3, 0.4) is 0 Å². The molecule has 0 aliphatic heterocycles. The van der Waals surface area contributed by atoms with Gasteiger partial charge in [-0.05, 0) is 48.3 Å². The zero-order valence-corrected chi connectivity index (χ0v) is 13.6. The van der Waals surface area contributed by atoms with Crippen molar-refractivity contribution >= 4 is 27.3 Å². The second kappa shape index (κ2) is 6.71. The molecule has 0 amide bonds. The Bertz CT molecular complexity index is 654. The number of nitrogens with zero attached hydrogens (tertiary/aromatic N) is 3. The average Bonchev–Trinajstić information content (AvgIpc) is 2.74. The Morgan fingerprint density at radius 3 is 2.71 bits per heavy atom. The zero-order valence-electron chi connectivity index (χ0n) is 12.0. The summed E-state index contributed by atoms with van der Waals surface area (Å²) < 4.78 is 2.69. The third kappa shape index (κ3) is 4.04. The van der Waals surface area contributed by atoms with E-state index < -0.39 is 4.92 Å². The average molecular weight is 353 g/mol. The Kier molecular flexibility index (Phi) is 4.95. The number of aryl methyl sites for hydroxylation is 3. The number of nitro groups is 1. The van der Waals surface area contributed by atoms with Crippen molar-refractivity contribution in [2.24, 2.45) is 0 Å². The lowest BCUT2D eigenvalue weighted by Gasteiger charge is -2.09. The molecule has 0 radical (unpaired) electrons. The summed E-state index contributed by atoms with van der Waals surface area (Å²) >= 11 is 3.34. The van der Waals surface area contributed by atoms with Crippen molar-refractivity contribution in [3.05, 3.63) is 50.2 Å². The zero-order chi connectivity index (χ0) is 15.4. The molecule has 0 saturated heterocycles. The number of hydrogen-bond acceptors (Lipinski definition) is 4. The lowest BCUT2D eigenvalue weighted by atomic mass is 10.3. The Morgan fingerprint density at radius 2 is 2.14 bits per heavy atom. The van der Waals surface area contributed by atoms with E-state index >= 15 is 0 Å². The van der Waals surface area contributed by atoms with Gasteiger partial charge in [0.05, 0.1) is 10.6 Å². The van der Waals surface area contributed by atoms with Crippen LogP contribution in [0.5, 0.6) is 0 Å². The molecule has 7 heteroatoms. The SMILES string of the molecule is Cc1cc(C)n(CCCNc2ccc([N+](=O)[O-])cc2Br)n1. The molecule has 0 atom stereocenters. The van der Waals surface area contributed by atoms with Crippen LogP contribution in [-0.4, -0.2) is 21.2 Å². The Balaban J connectivity index is 1.86. The van der Waals surface area contributed by atoms with Crippen molar-refractivity contribution in [2.45, 2.75) is 26.8 Å². The highest BCUT2D eigenvalue weighted by atomic mass is 79.9. The molecular formula is C14H17BrN4O2. The van der Waals surface area contributed by atoms with Crippen molar-refractivity contribution in [3.8, 4) is 0 Å². The van der Waals surface area contributed by atoms with Crippen molar-refractivity contribution in [2.75, 3.05) is 11.9 Å². The predicted molar refractivity (Wildman–Crippen MR) is 85.6 cm³/mol. The van der Waals surface area contributed by atoms with Crippen molar-refractivity contribution in [3.63, 3.8) is 0 Å². The van der Waals surface area contributed by atoms with Crippen LogP contribution >= 0.6 is 15.9 Å². The smallest absolute Gasteiger partial charge is 0.270 e. The van der Waals surface area contributed by atoms with E-state index in [1.807, 2.05) is 18.5 Å². The summed E-state index contributed by atoms with van der Waals surface area (Å²) in [4.78, 5) is 10.3. The van der Waals surface area contributed by atoms with Gasteiger partial charge in [0, 0.05) is 41.1 Å². The number of aromatic nitrogens is 2. The molecule has 21 heavy (non-hydrogen) atoms. The lowest BCUT2D eigenvalue weighted by molar-refractivity contribution is -0.384. The topological polar surface area (TPSA) is 73.0 Å². The van der Waals surface area contributed by atoms with E-state index in [0.717, 1.165) is 36.6 Å². The van der Waals surface area contributed by atoms with Crippen molar-refractivity contribution in [1.82, 2.24) is 9.78 Å². The second-order valence-electron chi connectivity index (χ2n) is 4.85. The van der Waals surface area contributed by atoms with Gasteiger partial charge in [0.25, 0.3) is 5.69 Å². The molecule has 1 heterocycles. The van der Waals surface area contributed by atoms with Gasteiger partial charge in [-0.25, -0.2) is 0 Å². The van der Waals surface area contributed by atoms with Crippen LogP contribution in [0.1, 0.15) is 17.8 Å². The summed E-state index contributed by atoms with van der Waals surface area (Å²) in [6.07, 6.45) is 0.922. The van der Waals surface area contributed by atoms with Crippen LogP contribution in [0.25, 0.3) is 0 Å². The summed E-state index contributed by atoms with van der Waals surface area (Å²) in [6, 6.07) is 6.77. The number of halogens is 1. The highest BCUT2D eigenvalue weighted by Crippen LogP contribution is 2.26. The molecule has 2 rings (SSSR count). The minimum absolute atomic E-state index is 0.0788. The largest absolute Gasteiger partial charge is 0.384 e. The molecule has 0 fully saturated rings. The van der Waals surface area contributed by atoms with Gasteiger partial charge in [-0.1, -0.05) is 0 Å². The molecule has 2 aromatic rings. The fraction of sp³-hybridized carbons (Fsp3) is 0.357. The standard InChI is InChI=1S/C14H17BrN4O2/c1-10-8-11(2)18(17-10)7-3-6-16-14-5-4-12(19(20)21)9-13(14)15/h4-5,8-9,16H,3,6-7H2,1-2H3. The van der Waals surface area contributed by atoms with Crippen molar-refractivity contribution < 1.29 is 4.92 Å². The second-order valence-corrected chi connectivity index (χ2v) is 5.71. The van der Waals surface area contributed by atoms with E-state index in [2.05, 4.69) is 32.4 Å². The maximum absolute atomic E-state index is 10.7. The Labute approximate surface area is 131 Å². The van der Waals surface area contributed by atoms with E-state index in [-0.39, 0.29) is 5.69 Å². The molecule has 0 aliphatic carbocycles. The first-order chi connectivity index (χ1) is 9.97. The minimum atomic E-state index is -0.405. The van der Waals surface area contributed by atoms with Crippen LogP contribution in [0.2, 0.25) is 0 Å². The number of anilines is 1. The van der Waals surface area contributed by atoms with Crippen LogP contribution < -0.4 is 5.32 Å². The highest BCUT2D eigenvalue weighted by molar-refractivity contribution is 9.10. The first-order valence-corrected chi connectivity index (χ1v) is 7.45. The minimum Gasteiger partial charge on any atom is -0.384 e. The van der Waals surface area contributed by atoms with E-state index in [0.29, 0.717) is 4.47 Å². The Morgan fingerprint density at radius 1 is 1.38 bits per heavy atom. The Hall–Kier alpha value is -1.89. The maximum Gasteiger partial charge on any atom is 0.270 e. The normalized spacial score (nSPS) is 10.6. The molecule has 0 saturated carbocycles. The summed E-state index contributed by atoms with van der Waals surface area (Å²) in [5.74, 6) is 0. The highest BCUT2D eigenvalue weighted by Gasteiger charge is 2.08. The molecule has 0 unspecified atom stereocenters. The summed E-state index contributed by atoms with van der Waals surface area (Å²) in [5.41, 5.74) is 3.12. The summed E-state index contributed by atoms with van der Waals surface area (Å²) in [5, 5.41) is 18.3. The fourth-order valence-corrected chi connectivity index (χ4v) is 2.62. The number of hydrogen-bond donors (Lipinski definition) is 1. The molecule has 0 spiro atoms. The van der Waals surface area contributed by atoms with E-state index in [1.54, 1.807) is 6.07 Å². The summed E-state index contributed by atoms with van der Waals surface area (Å²) in [7, 11) is 0. The first kappa shape index (κ1) is 15.5. The molecule has 1 aromatic carbocycles. The van der Waals surface area contributed by atoms with Crippen LogP contribution in [0, 0.1) is 24.0 Å². The molecular weight excluding hydrogens is 336 g/mol. The van der Waals surface area contributed by atoms with E-state index in [4.69, 9.17) is 0 Å². The summed E-state index contributed by atoms with van der Waals surface area (Å²) in [6.45, 7) is 5.64. The number of nitrogens with one attached hydrogen (secondary N) is 1. The quantitative estimate of drug-likeness (QED) is 0.489.